The van der Waals surface area contributed by atoms with Crippen LogP contribution >= 0.6 is 0 Å². The first-order chi connectivity index (χ1) is 11.1. The van der Waals surface area contributed by atoms with Crippen molar-refractivity contribution in [3.63, 3.8) is 0 Å². The molecule has 0 unspecified atom stereocenters. The van der Waals surface area contributed by atoms with Crippen molar-refractivity contribution in [2.45, 2.75) is 24.4 Å². The molecule has 2 aliphatic rings. The lowest BCUT2D eigenvalue weighted by Gasteiger charge is -2.31. The number of fused-ring (bicyclic) bond motifs is 3. The minimum absolute atomic E-state index is 0.193. The van der Waals surface area contributed by atoms with E-state index in [2.05, 4.69) is 9.73 Å². The summed E-state index contributed by atoms with van der Waals surface area (Å²) in [5, 5.41) is 21.4. The zero-order valence-electron chi connectivity index (χ0n) is 12.3. The fourth-order valence-electron chi connectivity index (χ4n) is 3.20. The van der Waals surface area contributed by atoms with E-state index in [1.165, 1.54) is 31.2 Å². The van der Waals surface area contributed by atoms with E-state index in [4.69, 9.17) is 0 Å². The average Bonchev–Trinajstić information content (AvgIpc) is 2.85. The Labute approximate surface area is 133 Å². The van der Waals surface area contributed by atoms with Crippen LogP contribution in [-0.4, -0.2) is 46.1 Å². The summed E-state index contributed by atoms with van der Waals surface area (Å²) in [6.45, 7) is 1.09. The number of hydrogen-bond acceptors (Lipinski definition) is 6. The second kappa shape index (κ2) is 4.87. The molecule has 1 aromatic rings. The van der Waals surface area contributed by atoms with E-state index in [0.29, 0.717) is 0 Å². The number of nitrogens with zero attached hydrogens (tertiary/aromatic N) is 1. The lowest BCUT2D eigenvalue weighted by Crippen LogP contribution is -2.57. The van der Waals surface area contributed by atoms with Gasteiger partial charge in [0.25, 0.3) is 0 Å². The molecule has 1 heterocycles. The highest BCUT2D eigenvalue weighted by atomic mass is 19.4. The number of aliphatic hydroxyl groups is 2. The number of halogens is 3. The van der Waals surface area contributed by atoms with E-state index < -0.39 is 40.9 Å². The van der Waals surface area contributed by atoms with Crippen molar-refractivity contribution >= 4 is 17.5 Å². The first-order valence-corrected chi connectivity index (χ1v) is 7.01. The van der Waals surface area contributed by atoms with Crippen LogP contribution in [0.15, 0.2) is 29.3 Å². The Hall–Kier alpha value is -2.26. The van der Waals surface area contributed by atoms with Crippen LogP contribution in [0.1, 0.15) is 22.8 Å². The Balaban J connectivity index is 2.28. The van der Waals surface area contributed by atoms with Crippen molar-refractivity contribution in [2.75, 3.05) is 6.61 Å². The minimum atomic E-state index is -5.14. The van der Waals surface area contributed by atoms with Gasteiger partial charge in [0, 0.05) is 11.1 Å². The van der Waals surface area contributed by atoms with E-state index in [1.54, 1.807) is 0 Å². The largest absolute Gasteiger partial charge is 0.465 e. The summed E-state index contributed by atoms with van der Waals surface area (Å²) in [4.78, 5) is 27.8. The molecule has 0 radical (unpaired) electrons. The van der Waals surface area contributed by atoms with E-state index in [-0.39, 0.29) is 17.7 Å². The van der Waals surface area contributed by atoms with Gasteiger partial charge < -0.3 is 14.9 Å². The smallest absolute Gasteiger partial charge is 0.430 e. The Kier molecular flexibility index (Phi) is 3.37. The number of esters is 1. The molecule has 6 nitrogen and oxygen atoms in total. The normalized spacial score (nSPS) is 31.5. The van der Waals surface area contributed by atoms with Gasteiger partial charge in [0.1, 0.15) is 11.6 Å². The summed E-state index contributed by atoms with van der Waals surface area (Å²) in [5.41, 5.74) is -8.22. The average molecular weight is 343 g/mol. The second-order valence-corrected chi connectivity index (χ2v) is 5.49. The number of aliphatic imine (C=N–C) groups is 1. The molecule has 9 heteroatoms. The highest BCUT2D eigenvalue weighted by Crippen LogP contribution is 2.55. The number of carbonyl (C=O) groups excluding carboxylic acids is 2. The second-order valence-electron chi connectivity index (χ2n) is 5.49. The van der Waals surface area contributed by atoms with E-state index in [0.717, 1.165) is 0 Å². The van der Waals surface area contributed by atoms with Crippen LogP contribution in [0.25, 0.3) is 0 Å². The predicted octanol–water partition coefficient (Wildman–Crippen LogP) is 0.955. The Bertz CT molecular complexity index is 775. The maximum Gasteiger partial charge on any atom is 0.430 e. The summed E-state index contributed by atoms with van der Waals surface area (Å²) in [6.07, 6.45) is -5.14. The molecule has 0 saturated carbocycles. The number of Topliss-reactive ketones (excluding diaryl/α,β-unsaturated/α-hetero) is 1. The molecule has 1 aromatic carbocycles. The first-order valence-electron chi connectivity index (χ1n) is 7.01. The van der Waals surface area contributed by atoms with Crippen LogP contribution in [0.4, 0.5) is 13.2 Å². The van der Waals surface area contributed by atoms with Gasteiger partial charge in [-0.25, -0.2) is 4.99 Å². The van der Waals surface area contributed by atoms with Crippen LogP contribution in [0.2, 0.25) is 0 Å². The highest BCUT2D eigenvalue weighted by molar-refractivity contribution is 6.20. The highest BCUT2D eigenvalue weighted by Gasteiger charge is 2.76. The third kappa shape index (κ3) is 1.82. The van der Waals surface area contributed by atoms with E-state index >= 15 is 0 Å². The predicted molar refractivity (Wildman–Crippen MR) is 73.2 cm³/mol. The molecular weight excluding hydrogens is 331 g/mol. The van der Waals surface area contributed by atoms with Gasteiger partial charge in [-0.3, -0.25) is 9.59 Å². The molecule has 0 fully saturated rings. The number of rotatable bonds is 2. The molecule has 1 aliphatic carbocycles. The molecule has 2 N–H and O–H groups in total. The van der Waals surface area contributed by atoms with E-state index in [1.807, 2.05) is 0 Å². The molecule has 0 amide bonds. The number of ketones is 1. The summed E-state index contributed by atoms with van der Waals surface area (Å²) < 4.78 is 44.4. The molecule has 0 bridgehead atoms. The van der Waals surface area contributed by atoms with Crippen molar-refractivity contribution in [1.29, 1.82) is 0 Å². The Morgan fingerprint density at radius 3 is 2.54 bits per heavy atom. The molecular formula is C15H12F3NO5. The van der Waals surface area contributed by atoms with Crippen molar-refractivity contribution in [3.8, 4) is 0 Å². The van der Waals surface area contributed by atoms with Crippen molar-refractivity contribution in [1.82, 2.24) is 0 Å². The summed E-state index contributed by atoms with van der Waals surface area (Å²) in [5.74, 6) is -5.16. The van der Waals surface area contributed by atoms with Gasteiger partial charge in [-0.05, 0) is 6.92 Å². The number of ether oxygens (including phenoxy) is 1. The first kappa shape index (κ1) is 16.6. The lowest BCUT2D eigenvalue weighted by molar-refractivity contribution is -0.166. The van der Waals surface area contributed by atoms with Gasteiger partial charge >= 0.3 is 12.1 Å². The summed E-state index contributed by atoms with van der Waals surface area (Å²) in [7, 11) is 0. The Morgan fingerprint density at radius 1 is 1.33 bits per heavy atom. The SMILES string of the molecule is CCOC(=O)[C@@H]1C(C(F)(F)F)=N[C@@]2(O)c3ccccc3C(=O)[C@@]12O. The van der Waals surface area contributed by atoms with Crippen LogP contribution < -0.4 is 0 Å². The maximum atomic E-state index is 13.3. The molecule has 3 rings (SSSR count). The van der Waals surface area contributed by atoms with Crippen LogP contribution in [0.3, 0.4) is 0 Å². The molecule has 0 aromatic heterocycles. The molecule has 0 saturated heterocycles. The topological polar surface area (TPSA) is 96.2 Å². The number of carbonyl (C=O) groups is 2. The monoisotopic (exact) mass is 343 g/mol. The lowest BCUT2D eigenvalue weighted by atomic mass is 9.79. The van der Waals surface area contributed by atoms with Crippen LogP contribution in [0.5, 0.6) is 0 Å². The van der Waals surface area contributed by atoms with Gasteiger partial charge in [0.15, 0.2) is 0 Å². The minimum Gasteiger partial charge on any atom is -0.465 e. The van der Waals surface area contributed by atoms with Gasteiger partial charge in [0.2, 0.25) is 17.1 Å². The summed E-state index contributed by atoms with van der Waals surface area (Å²) in [6, 6.07) is 5.20. The fraction of sp³-hybridized carbons (Fsp3) is 0.400. The van der Waals surface area contributed by atoms with Crippen LogP contribution in [-0.2, 0) is 15.3 Å². The zero-order chi connectivity index (χ0) is 17.9. The van der Waals surface area contributed by atoms with Gasteiger partial charge in [-0.1, -0.05) is 24.3 Å². The maximum absolute atomic E-state index is 13.3. The standard InChI is InChI=1S/C15H12F3NO5/c1-2-24-12(21)9-10(15(16,17)18)19-14(23)8-6-4-3-5-7(8)11(20)13(9,14)22/h3-6,9,22-23H,2H2,1H3/t9-,13-,14+/m0/s1. The molecule has 1 aliphatic heterocycles. The van der Waals surface area contributed by atoms with Gasteiger partial charge in [-0.2, -0.15) is 13.2 Å². The Morgan fingerprint density at radius 2 is 1.96 bits per heavy atom. The molecule has 24 heavy (non-hydrogen) atoms. The third-order valence-electron chi connectivity index (χ3n) is 4.21. The number of alkyl halides is 3. The van der Waals surface area contributed by atoms with Crippen molar-refractivity contribution in [2.24, 2.45) is 10.9 Å². The quantitative estimate of drug-likeness (QED) is 0.780. The van der Waals surface area contributed by atoms with Crippen LogP contribution in [0, 0.1) is 5.92 Å². The number of hydrogen-bond donors (Lipinski definition) is 2. The zero-order valence-corrected chi connectivity index (χ0v) is 12.3. The van der Waals surface area contributed by atoms with E-state index in [9.17, 15) is 33.0 Å². The summed E-state index contributed by atoms with van der Waals surface area (Å²) >= 11 is 0. The van der Waals surface area contributed by atoms with Gasteiger partial charge in [-0.15, -0.1) is 0 Å². The molecule has 128 valence electrons. The van der Waals surface area contributed by atoms with Gasteiger partial charge in [0.05, 0.1) is 6.61 Å². The fourth-order valence-corrected chi connectivity index (χ4v) is 3.20. The molecule has 3 atom stereocenters. The van der Waals surface area contributed by atoms with Crippen molar-refractivity contribution < 1.29 is 37.7 Å². The number of benzene rings is 1. The van der Waals surface area contributed by atoms with Crippen molar-refractivity contribution in [3.05, 3.63) is 35.4 Å². The third-order valence-corrected chi connectivity index (χ3v) is 4.21. The molecule has 0 spiro atoms.